The number of halogens is 1. The highest BCUT2D eigenvalue weighted by molar-refractivity contribution is 7.87. The fourth-order valence-electron chi connectivity index (χ4n) is 6.53. The molecule has 1 aliphatic heterocycles. The van der Waals surface area contributed by atoms with Crippen molar-refractivity contribution in [2.45, 2.75) is 64.2 Å². The lowest BCUT2D eigenvalue weighted by molar-refractivity contribution is -0.119. The molecule has 8 nitrogen and oxygen atoms in total. The van der Waals surface area contributed by atoms with Crippen molar-refractivity contribution in [1.29, 1.82) is 0 Å². The SMILES string of the molecule is COCCN1C2=C(C(=O)CC(C)(C)C2)C(c2ccc(OS(=O)(=O)c3ccc(Cl)cc3)c(OC)c2)C2=C1CC(C)(C)CC2=O. The number of rotatable bonds is 8. The van der Waals surface area contributed by atoms with Crippen LogP contribution in [-0.4, -0.2) is 52.3 Å². The molecule has 3 aliphatic rings. The first-order valence-corrected chi connectivity index (χ1v) is 16.1. The maximum Gasteiger partial charge on any atom is 0.339 e. The van der Waals surface area contributed by atoms with E-state index in [0.717, 1.165) is 11.4 Å². The van der Waals surface area contributed by atoms with Crippen LogP contribution in [0.1, 0.15) is 64.9 Å². The van der Waals surface area contributed by atoms with E-state index in [0.29, 0.717) is 60.6 Å². The lowest BCUT2D eigenvalue weighted by Gasteiger charge is -2.49. The van der Waals surface area contributed by atoms with Crippen LogP contribution in [0.3, 0.4) is 0 Å². The van der Waals surface area contributed by atoms with Gasteiger partial charge in [-0.05, 0) is 65.6 Å². The maximum atomic E-state index is 14.0. The predicted octanol–water partition coefficient (Wildman–Crippen LogP) is 6.45. The van der Waals surface area contributed by atoms with Crippen LogP contribution < -0.4 is 8.92 Å². The molecule has 230 valence electrons. The smallest absolute Gasteiger partial charge is 0.339 e. The van der Waals surface area contributed by atoms with E-state index < -0.39 is 16.0 Å². The first-order chi connectivity index (χ1) is 20.2. The van der Waals surface area contributed by atoms with E-state index in [1.54, 1.807) is 19.2 Å². The number of carbonyl (C=O) groups is 2. The van der Waals surface area contributed by atoms with E-state index in [1.807, 2.05) is 0 Å². The van der Waals surface area contributed by atoms with Gasteiger partial charge < -0.3 is 18.6 Å². The zero-order valence-corrected chi connectivity index (χ0v) is 27.0. The lowest BCUT2D eigenvalue weighted by Crippen LogP contribution is -2.45. The van der Waals surface area contributed by atoms with E-state index in [1.165, 1.54) is 37.4 Å². The Labute approximate surface area is 258 Å². The molecule has 5 rings (SSSR count). The topological polar surface area (TPSA) is 99.2 Å². The third-order valence-electron chi connectivity index (χ3n) is 8.36. The van der Waals surface area contributed by atoms with Crippen LogP contribution in [-0.2, 0) is 24.4 Å². The third-order valence-corrected chi connectivity index (χ3v) is 9.86. The van der Waals surface area contributed by atoms with Crippen molar-refractivity contribution in [3.8, 4) is 11.5 Å². The molecule has 43 heavy (non-hydrogen) atoms. The minimum absolute atomic E-state index is 0.00524. The van der Waals surface area contributed by atoms with Crippen molar-refractivity contribution in [3.63, 3.8) is 0 Å². The molecule has 0 atom stereocenters. The minimum atomic E-state index is -4.18. The Bertz CT molecular complexity index is 1580. The summed E-state index contributed by atoms with van der Waals surface area (Å²) in [6, 6.07) is 10.6. The monoisotopic (exact) mass is 627 g/mol. The minimum Gasteiger partial charge on any atom is -0.493 e. The number of ether oxygens (including phenoxy) is 2. The van der Waals surface area contributed by atoms with Gasteiger partial charge in [-0.3, -0.25) is 9.59 Å². The summed E-state index contributed by atoms with van der Waals surface area (Å²) in [5.74, 6) is -0.422. The first-order valence-electron chi connectivity index (χ1n) is 14.3. The Morgan fingerprint density at radius 3 is 1.91 bits per heavy atom. The van der Waals surface area contributed by atoms with Crippen molar-refractivity contribution in [3.05, 3.63) is 75.6 Å². The summed E-state index contributed by atoms with van der Waals surface area (Å²) in [6.45, 7) is 9.35. The van der Waals surface area contributed by atoms with Gasteiger partial charge in [0, 0.05) is 60.0 Å². The van der Waals surface area contributed by atoms with Crippen LogP contribution in [0.25, 0.3) is 0 Å². The molecule has 0 aromatic heterocycles. The average Bonchev–Trinajstić information content (AvgIpc) is 2.90. The van der Waals surface area contributed by atoms with E-state index >= 15 is 0 Å². The molecule has 0 spiro atoms. The molecule has 0 unspecified atom stereocenters. The molecule has 2 aromatic carbocycles. The highest BCUT2D eigenvalue weighted by Crippen LogP contribution is 2.55. The summed E-state index contributed by atoms with van der Waals surface area (Å²) in [4.78, 5) is 30.0. The number of methoxy groups -OCH3 is 2. The molecule has 10 heteroatoms. The zero-order valence-electron chi connectivity index (χ0n) is 25.5. The van der Waals surface area contributed by atoms with Gasteiger partial charge in [-0.1, -0.05) is 45.4 Å². The summed E-state index contributed by atoms with van der Waals surface area (Å²) >= 11 is 5.92. The molecule has 0 bridgehead atoms. The molecule has 1 heterocycles. The fourth-order valence-corrected chi connectivity index (χ4v) is 7.60. The van der Waals surface area contributed by atoms with Crippen molar-refractivity contribution < 1.29 is 31.7 Å². The molecule has 0 saturated heterocycles. The van der Waals surface area contributed by atoms with Crippen LogP contribution in [0.2, 0.25) is 5.02 Å². The van der Waals surface area contributed by atoms with Gasteiger partial charge in [0.05, 0.1) is 13.7 Å². The number of hydrogen-bond donors (Lipinski definition) is 0. The predicted molar refractivity (Wildman–Crippen MR) is 164 cm³/mol. The highest BCUT2D eigenvalue weighted by atomic mass is 35.5. The maximum absolute atomic E-state index is 14.0. The summed E-state index contributed by atoms with van der Waals surface area (Å²) in [7, 11) is -1.11. The summed E-state index contributed by atoms with van der Waals surface area (Å²) in [5.41, 5.74) is 3.26. The molecule has 0 N–H and O–H groups in total. The van der Waals surface area contributed by atoms with Crippen molar-refractivity contribution in [2.75, 3.05) is 27.4 Å². The Morgan fingerprint density at radius 1 is 0.837 bits per heavy atom. The summed E-state index contributed by atoms with van der Waals surface area (Å²) in [6.07, 6.45) is 2.08. The van der Waals surface area contributed by atoms with Gasteiger partial charge in [0.1, 0.15) is 4.90 Å². The lowest BCUT2D eigenvalue weighted by atomic mass is 9.63. The second-order valence-corrected chi connectivity index (χ2v) is 15.1. The molecular weight excluding hydrogens is 590 g/mol. The van der Waals surface area contributed by atoms with Gasteiger partial charge in [-0.2, -0.15) is 8.42 Å². The molecule has 0 fully saturated rings. The second-order valence-electron chi connectivity index (χ2n) is 13.1. The normalized spacial score (nSPS) is 20.2. The molecule has 0 radical (unpaired) electrons. The number of hydrogen-bond acceptors (Lipinski definition) is 8. The van der Waals surface area contributed by atoms with Gasteiger partial charge in [-0.15, -0.1) is 0 Å². The van der Waals surface area contributed by atoms with Gasteiger partial charge >= 0.3 is 10.1 Å². The van der Waals surface area contributed by atoms with Gasteiger partial charge in [0.2, 0.25) is 0 Å². The molecule has 2 aliphatic carbocycles. The van der Waals surface area contributed by atoms with Crippen LogP contribution in [0, 0.1) is 10.8 Å². The Kier molecular flexibility index (Phi) is 8.31. The standard InChI is InChI=1S/C33H38ClNO7S/c1-32(2)16-23-30(25(36)18-32)29(31-24(35(23)13-14-40-5)17-33(3,4)19-26(31)37)20-7-12-27(28(15-20)41-6)42-43(38,39)22-10-8-21(34)9-11-22/h7-12,15,29H,13-14,16-19H2,1-6H3. The molecule has 0 saturated carbocycles. The quantitative estimate of drug-likeness (QED) is 0.308. The zero-order chi connectivity index (χ0) is 31.3. The Hall–Kier alpha value is -3.14. The Morgan fingerprint density at radius 2 is 1.40 bits per heavy atom. The van der Waals surface area contributed by atoms with Gasteiger partial charge in [-0.25, -0.2) is 0 Å². The van der Waals surface area contributed by atoms with Gasteiger partial charge in [0.15, 0.2) is 23.1 Å². The van der Waals surface area contributed by atoms with Gasteiger partial charge in [0.25, 0.3) is 0 Å². The number of nitrogens with zero attached hydrogens (tertiary/aromatic N) is 1. The van der Waals surface area contributed by atoms with Crippen LogP contribution in [0.5, 0.6) is 11.5 Å². The van der Waals surface area contributed by atoms with Crippen LogP contribution in [0.4, 0.5) is 0 Å². The van der Waals surface area contributed by atoms with Crippen LogP contribution >= 0.6 is 11.6 Å². The number of benzene rings is 2. The van der Waals surface area contributed by atoms with E-state index in [4.69, 9.17) is 25.3 Å². The van der Waals surface area contributed by atoms with Crippen molar-refractivity contribution in [2.24, 2.45) is 10.8 Å². The molecule has 0 amide bonds. The van der Waals surface area contributed by atoms with E-state index in [9.17, 15) is 18.0 Å². The third kappa shape index (κ3) is 6.12. The fraction of sp³-hybridized carbons (Fsp3) is 0.455. The molecular formula is C33H38ClNO7S. The van der Waals surface area contributed by atoms with E-state index in [-0.39, 0.29) is 38.8 Å². The van der Waals surface area contributed by atoms with Crippen LogP contribution in [0.15, 0.2) is 69.9 Å². The average molecular weight is 628 g/mol. The summed E-state index contributed by atoms with van der Waals surface area (Å²) in [5, 5.41) is 0.401. The first kappa shape index (κ1) is 31.3. The number of allylic oxidation sites excluding steroid dienone is 4. The second kappa shape index (κ2) is 11.4. The number of carbonyl (C=O) groups excluding carboxylic acids is 2. The largest absolute Gasteiger partial charge is 0.493 e. The summed E-state index contributed by atoms with van der Waals surface area (Å²) < 4.78 is 42.6. The molecule has 2 aromatic rings. The van der Waals surface area contributed by atoms with E-state index in [2.05, 4.69) is 32.6 Å². The number of Topliss-reactive ketones (excluding diaryl/α,β-unsaturated/α-hetero) is 2. The van der Waals surface area contributed by atoms with Crippen molar-refractivity contribution in [1.82, 2.24) is 4.90 Å². The number of ketones is 2. The highest BCUT2D eigenvalue weighted by Gasteiger charge is 2.49. The van der Waals surface area contributed by atoms with Crippen molar-refractivity contribution >= 4 is 33.3 Å². The Balaban J connectivity index is 1.65.